The second-order valence-corrected chi connectivity index (χ2v) is 8.32. The van der Waals surface area contributed by atoms with Crippen molar-refractivity contribution in [2.45, 2.75) is 18.7 Å². The molecule has 2 aromatic carbocycles. The number of nitrogens with zero attached hydrogens (tertiary/aromatic N) is 1. The van der Waals surface area contributed by atoms with E-state index < -0.39 is 10.0 Å². The molecule has 1 heterocycles. The maximum absolute atomic E-state index is 12.4. The first-order chi connectivity index (χ1) is 13.7. The van der Waals surface area contributed by atoms with E-state index in [-0.39, 0.29) is 21.7 Å². The fourth-order valence-electron chi connectivity index (χ4n) is 2.37. The number of hydrogen-bond donors (Lipinski definition) is 3. The molecule has 0 aliphatic carbocycles. The number of aryl methyl sites for hydroxylation is 2. The van der Waals surface area contributed by atoms with Crippen LogP contribution in [0.2, 0.25) is 0 Å². The summed E-state index contributed by atoms with van der Waals surface area (Å²) >= 11 is 5.14. The van der Waals surface area contributed by atoms with Gasteiger partial charge in [0, 0.05) is 17.3 Å². The molecule has 1 aromatic heterocycles. The molecule has 150 valence electrons. The summed E-state index contributed by atoms with van der Waals surface area (Å²) in [6.45, 7) is 3.59. The summed E-state index contributed by atoms with van der Waals surface area (Å²) in [5, 5.41) is 9.12. The minimum Gasteiger partial charge on any atom is -0.360 e. The molecule has 8 nitrogen and oxygen atoms in total. The highest BCUT2D eigenvalue weighted by molar-refractivity contribution is 7.92. The molecule has 29 heavy (non-hydrogen) atoms. The van der Waals surface area contributed by atoms with Gasteiger partial charge in [-0.1, -0.05) is 22.9 Å². The van der Waals surface area contributed by atoms with Gasteiger partial charge in [-0.15, -0.1) is 0 Å². The molecule has 0 saturated carbocycles. The Balaban J connectivity index is 1.61. The Morgan fingerprint density at radius 2 is 1.69 bits per heavy atom. The first kappa shape index (κ1) is 20.5. The van der Waals surface area contributed by atoms with Gasteiger partial charge in [-0.3, -0.25) is 14.8 Å². The van der Waals surface area contributed by atoms with Crippen molar-refractivity contribution in [2.24, 2.45) is 0 Å². The van der Waals surface area contributed by atoms with E-state index in [0.29, 0.717) is 17.0 Å². The molecule has 0 radical (unpaired) electrons. The van der Waals surface area contributed by atoms with Crippen molar-refractivity contribution in [3.63, 3.8) is 0 Å². The average molecular weight is 431 g/mol. The molecule has 0 aliphatic heterocycles. The number of benzene rings is 2. The highest BCUT2D eigenvalue weighted by Gasteiger charge is 2.16. The van der Waals surface area contributed by atoms with Crippen molar-refractivity contribution >= 4 is 44.8 Å². The van der Waals surface area contributed by atoms with E-state index in [2.05, 4.69) is 20.5 Å². The molecule has 0 bridgehead atoms. The number of hydrogen-bond acceptors (Lipinski definition) is 6. The first-order valence-electron chi connectivity index (χ1n) is 8.48. The predicted molar refractivity (Wildman–Crippen MR) is 113 cm³/mol. The van der Waals surface area contributed by atoms with Crippen LogP contribution in [0.25, 0.3) is 0 Å². The monoisotopic (exact) mass is 430 g/mol. The Bertz CT molecular complexity index is 1140. The zero-order chi connectivity index (χ0) is 21.0. The van der Waals surface area contributed by atoms with Crippen molar-refractivity contribution in [1.29, 1.82) is 0 Å². The normalized spacial score (nSPS) is 11.0. The Morgan fingerprint density at radius 3 is 2.28 bits per heavy atom. The van der Waals surface area contributed by atoms with Crippen LogP contribution in [0, 0.1) is 13.8 Å². The maximum atomic E-state index is 12.4. The van der Waals surface area contributed by atoms with Crippen LogP contribution in [0.1, 0.15) is 21.7 Å². The summed E-state index contributed by atoms with van der Waals surface area (Å²) in [6.07, 6.45) is 0. The van der Waals surface area contributed by atoms with Crippen molar-refractivity contribution in [3.05, 3.63) is 71.5 Å². The Kier molecular flexibility index (Phi) is 5.95. The summed E-state index contributed by atoms with van der Waals surface area (Å²) in [6, 6.07) is 14.4. The fourth-order valence-corrected chi connectivity index (χ4v) is 3.57. The molecule has 0 saturated heterocycles. The lowest BCUT2D eigenvalue weighted by Crippen LogP contribution is -2.34. The Labute approximate surface area is 173 Å². The number of nitrogens with one attached hydrogen (secondary N) is 3. The Morgan fingerprint density at radius 1 is 1.03 bits per heavy atom. The quantitative estimate of drug-likeness (QED) is 0.533. The van der Waals surface area contributed by atoms with E-state index in [0.717, 1.165) is 5.56 Å². The second-order valence-electron chi connectivity index (χ2n) is 6.23. The van der Waals surface area contributed by atoms with Crippen molar-refractivity contribution < 1.29 is 17.7 Å². The average Bonchev–Trinajstić information content (AvgIpc) is 3.06. The molecule has 0 unspecified atom stereocenters. The third kappa shape index (κ3) is 5.39. The zero-order valence-electron chi connectivity index (χ0n) is 15.6. The summed E-state index contributed by atoms with van der Waals surface area (Å²) in [5.74, 6) is 0.252. The summed E-state index contributed by atoms with van der Waals surface area (Å²) in [7, 11) is -3.81. The number of carbonyl (C=O) groups is 1. The largest absolute Gasteiger partial charge is 0.360 e. The lowest BCUT2D eigenvalue weighted by atomic mass is 10.1. The van der Waals surface area contributed by atoms with E-state index >= 15 is 0 Å². The van der Waals surface area contributed by atoms with E-state index in [1.54, 1.807) is 19.1 Å². The van der Waals surface area contributed by atoms with Gasteiger partial charge in [-0.05, 0) is 62.5 Å². The van der Waals surface area contributed by atoms with Gasteiger partial charge in [0.2, 0.25) is 0 Å². The van der Waals surface area contributed by atoms with Gasteiger partial charge >= 0.3 is 0 Å². The molecule has 0 atom stereocenters. The van der Waals surface area contributed by atoms with Gasteiger partial charge in [0.05, 0.1) is 4.90 Å². The Hall–Kier alpha value is -3.24. The van der Waals surface area contributed by atoms with Crippen LogP contribution in [0.15, 0.2) is 64.0 Å². The third-order valence-corrected chi connectivity index (χ3v) is 5.40. The number of rotatable bonds is 5. The minimum atomic E-state index is -3.81. The number of aromatic nitrogens is 1. The molecule has 10 heteroatoms. The van der Waals surface area contributed by atoms with Crippen molar-refractivity contribution in [2.75, 3.05) is 10.0 Å². The van der Waals surface area contributed by atoms with E-state index in [4.69, 9.17) is 16.7 Å². The summed E-state index contributed by atoms with van der Waals surface area (Å²) in [4.78, 5) is 12.2. The molecular weight excluding hydrogens is 412 g/mol. The van der Waals surface area contributed by atoms with Gasteiger partial charge in [0.1, 0.15) is 5.76 Å². The lowest BCUT2D eigenvalue weighted by Gasteiger charge is -2.11. The van der Waals surface area contributed by atoms with Gasteiger partial charge in [-0.25, -0.2) is 8.42 Å². The van der Waals surface area contributed by atoms with Gasteiger partial charge < -0.3 is 9.84 Å². The number of amides is 1. The standard InChI is InChI=1S/C19H18N4O4S2/c1-12-3-5-14(6-4-12)18(24)21-19(28)20-15-7-9-16(10-8-15)29(25,26)23-17-11-13(2)27-22-17/h3-11H,1-2H3,(H,22,23)(H2,20,21,24,28). The molecule has 3 rings (SSSR count). The van der Waals surface area contributed by atoms with E-state index in [9.17, 15) is 13.2 Å². The number of carbonyl (C=O) groups excluding carboxylic acids is 1. The van der Waals surface area contributed by atoms with Gasteiger partial charge in [0.25, 0.3) is 15.9 Å². The molecular formula is C19H18N4O4S2. The summed E-state index contributed by atoms with van der Waals surface area (Å²) in [5.41, 5.74) is 2.05. The van der Waals surface area contributed by atoms with Crippen LogP contribution in [0.5, 0.6) is 0 Å². The van der Waals surface area contributed by atoms with Gasteiger partial charge in [0.15, 0.2) is 10.9 Å². The van der Waals surface area contributed by atoms with Crippen LogP contribution in [-0.4, -0.2) is 24.6 Å². The SMILES string of the molecule is Cc1ccc(C(=O)NC(=S)Nc2ccc(S(=O)(=O)Nc3cc(C)on3)cc2)cc1. The van der Waals surface area contributed by atoms with Gasteiger partial charge in [-0.2, -0.15) is 0 Å². The second kappa shape index (κ2) is 8.41. The maximum Gasteiger partial charge on any atom is 0.263 e. The van der Waals surface area contributed by atoms with E-state index in [1.165, 1.54) is 30.3 Å². The van der Waals surface area contributed by atoms with Crippen molar-refractivity contribution in [1.82, 2.24) is 10.5 Å². The highest BCUT2D eigenvalue weighted by Crippen LogP contribution is 2.18. The van der Waals surface area contributed by atoms with Crippen LogP contribution in [0.4, 0.5) is 11.5 Å². The smallest absolute Gasteiger partial charge is 0.263 e. The number of sulfonamides is 1. The highest BCUT2D eigenvalue weighted by atomic mass is 32.2. The summed E-state index contributed by atoms with van der Waals surface area (Å²) < 4.78 is 31.9. The molecule has 0 aliphatic rings. The molecule has 1 amide bonds. The van der Waals surface area contributed by atoms with Crippen LogP contribution in [-0.2, 0) is 10.0 Å². The number of thiocarbonyl (C=S) groups is 1. The first-order valence-corrected chi connectivity index (χ1v) is 10.4. The zero-order valence-corrected chi connectivity index (χ0v) is 17.2. The predicted octanol–water partition coefficient (Wildman–Crippen LogP) is 3.22. The third-order valence-electron chi connectivity index (χ3n) is 3.83. The molecule has 3 N–H and O–H groups in total. The van der Waals surface area contributed by atoms with Crippen LogP contribution < -0.4 is 15.4 Å². The fraction of sp³-hybridized carbons (Fsp3) is 0.105. The molecule has 0 fully saturated rings. The van der Waals surface area contributed by atoms with Crippen LogP contribution in [0.3, 0.4) is 0 Å². The molecule has 3 aromatic rings. The topological polar surface area (TPSA) is 113 Å². The number of anilines is 2. The minimum absolute atomic E-state index is 0.0401. The van der Waals surface area contributed by atoms with Crippen LogP contribution >= 0.6 is 12.2 Å². The lowest BCUT2D eigenvalue weighted by molar-refractivity contribution is 0.0977. The van der Waals surface area contributed by atoms with Crippen molar-refractivity contribution in [3.8, 4) is 0 Å². The molecule has 0 spiro atoms. The van der Waals surface area contributed by atoms with E-state index in [1.807, 2.05) is 19.1 Å².